The van der Waals surface area contributed by atoms with Gasteiger partial charge in [-0.3, -0.25) is 0 Å². The molecule has 0 aliphatic rings. The monoisotopic (exact) mass is 805 g/mol. The first-order chi connectivity index (χ1) is 30.7. The number of nitrogens with zero attached hydrogens (tertiary/aromatic N) is 1. The third-order valence-corrected chi connectivity index (χ3v) is 10.9. The van der Waals surface area contributed by atoms with Gasteiger partial charge in [0.05, 0.1) is 11.0 Å². The highest BCUT2D eigenvalue weighted by Crippen LogP contribution is 2.35. The number of aryl methyl sites for hydroxylation is 1. The number of rotatable bonds is 11. The Morgan fingerprint density at radius 1 is 0.565 bits per heavy atom. The molecule has 3 nitrogen and oxygen atoms in total. The van der Waals surface area contributed by atoms with Crippen molar-refractivity contribution in [2.75, 3.05) is 12.4 Å². The number of nitrogens with two attached hydrogens (primary N) is 1. The van der Waals surface area contributed by atoms with Crippen LogP contribution in [0.2, 0.25) is 0 Å². The van der Waals surface area contributed by atoms with Crippen molar-refractivity contribution in [3.8, 4) is 16.8 Å². The van der Waals surface area contributed by atoms with E-state index in [1.165, 1.54) is 62.2 Å². The molecule has 0 spiro atoms. The Kier molecular flexibility index (Phi) is 15.0. The summed E-state index contributed by atoms with van der Waals surface area (Å²) in [6.45, 7) is 4.21. The molecule has 306 valence electrons. The maximum absolute atomic E-state index is 4.50. The fourth-order valence-corrected chi connectivity index (χ4v) is 7.77. The average Bonchev–Trinajstić information content (AvgIpc) is 3.67. The lowest BCUT2D eigenvalue weighted by Gasteiger charge is -2.11. The fraction of sp³-hybridized carbons (Fsp3) is 0.102. The summed E-state index contributed by atoms with van der Waals surface area (Å²) in [5.74, 6) is 0. The van der Waals surface area contributed by atoms with Crippen LogP contribution in [0.5, 0.6) is 0 Å². The normalized spacial score (nSPS) is 10.6. The van der Waals surface area contributed by atoms with Gasteiger partial charge in [-0.15, -0.1) is 5.73 Å². The molecule has 0 saturated heterocycles. The Bertz CT molecular complexity index is 2840. The predicted octanol–water partition coefficient (Wildman–Crippen LogP) is 15.0. The van der Waals surface area contributed by atoms with Crippen LogP contribution in [-0.4, -0.2) is 11.6 Å². The van der Waals surface area contributed by atoms with Crippen molar-refractivity contribution >= 4 is 38.8 Å². The molecular formula is C59H55N3. The van der Waals surface area contributed by atoms with Crippen molar-refractivity contribution in [1.82, 2.24) is 4.57 Å². The highest BCUT2D eigenvalue weighted by Gasteiger charge is 2.14. The van der Waals surface area contributed by atoms with Gasteiger partial charge >= 0.3 is 0 Å². The number of aromatic nitrogens is 1. The first-order valence-electron chi connectivity index (χ1n) is 21.5. The summed E-state index contributed by atoms with van der Waals surface area (Å²) >= 11 is 0. The highest BCUT2D eigenvalue weighted by atomic mass is 15.0. The quantitative estimate of drug-likeness (QED) is 0.101. The van der Waals surface area contributed by atoms with E-state index in [2.05, 4.69) is 247 Å². The van der Waals surface area contributed by atoms with E-state index in [0.717, 1.165) is 47.5 Å². The number of fused-ring (bicyclic) bond motifs is 3. The summed E-state index contributed by atoms with van der Waals surface area (Å²) in [7, 11) is 1.50. The number of hydrogen-bond acceptors (Lipinski definition) is 2. The second-order valence-corrected chi connectivity index (χ2v) is 14.9. The van der Waals surface area contributed by atoms with Crippen LogP contribution in [0.3, 0.4) is 0 Å². The molecule has 0 aliphatic heterocycles. The van der Waals surface area contributed by atoms with Crippen molar-refractivity contribution in [3.63, 3.8) is 0 Å². The number of allylic oxidation sites excluding steroid dienone is 3. The topological polar surface area (TPSA) is 43.0 Å². The molecule has 0 fully saturated rings. The van der Waals surface area contributed by atoms with Gasteiger partial charge in [-0.25, -0.2) is 0 Å². The lowest BCUT2D eigenvalue weighted by molar-refractivity contribution is 1.14. The van der Waals surface area contributed by atoms with E-state index in [4.69, 9.17) is 0 Å². The van der Waals surface area contributed by atoms with Gasteiger partial charge in [-0.05, 0) is 127 Å². The summed E-state index contributed by atoms with van der Waals surface area (Å²) in [6, 6.07) is 73.2. The largest absolute Gasteiger partial charge is 0.355 e. The minimum absolute atomic E-state index is 0.811. The number of para-hydroxylation sites is 2. The van der Waals surface area contributed by atoms with Crippen molar-refractivity contribution in [2.24, 2.45) is 5.73 Å². The SMILES string of the molecule is CC=C=C(/C=C\Cc1ccccc1Nc1ccc(CC)cc1)c1ccc2c(c1)c1ccccc1n2-c1ccc(-c2ccccc2)cc1.CN.c1ccc(Cc2ccccc2)cc1. The highest BCUT2D eigenvalue weighted by molar-refractivity contribution is 6.10. The maximum Gasteiger partial charge on any atom is 0.0541 e. The first-order valence-corrected chi connectivity index (χ1v) is 21.5. The van der Waals surface area contributed by atoms with Gasteiger partial charge < -0.3 is 15.6 Å². The minimum atomic E-state index is 0.811. The zero-order valence-electron chi connectivity index (χ0n) is 36.0. The van der Waals surface area contributed by atoms with Crippen molar-refractivity contribution < 1.29 is 0 Å². The lowest BCUT2D eigenvalue weighted by Crippen LogP contribution is -1.95. The molecule has 0 bridgehead atoms. The maximum atomic E-state index is 4.50. The molecule has 1 heterocycles. The number of hydrogen-bond donors (Lipinski definition) is 2. The molecule has 0 atom stereocenters. The van der Waals surface area contributed by atoms with Crippen LogP contribution in [0.4, 0.5) is 11.4 Å². The number of anilines is 2. The van der Waals surface area contributed by atoms with Crippen molar-refractivity contribution in [2.45, 2.75) is 33.1 Å². The lowest BCUT2D eigenvalue weighted by atomic mass is 10.0. The Morgan fingerprint density at radius 3 is 1.81 bits per heavy atom. The van der Waals surface area contributed by atoms with E-state index in [9.17, 15) is 0 Å². The molecule has 9 rings (SSSR count). The smallest absolute Gasteiger partial charge is 0.0541 e. The standard InChI is InChI=1S/C45H38N2.C13H12.CH5N/c1-3-13-34(17-12-18-37-16-8-10-20-43(37)46-39-27-22-33(4-2)23-28-39)38-26-31-45-42(32-38)41-19-9-11-21-44(41)47(45)40-29-24-36(25-30-40)35-14-6-5-7-15-35;1-3-7-12(8-4-1)11-13-9-5-2-6-10-13;1-2/h3,5-12,14-17,19-32,46H,4,18H2,1-2H3;1-10H,11H2;2H2,1H3/b17-12-;;. The molecule has 0 amide bonds. The van der Waals surface area contributed by atoms with E-state index >= 15 is 0 Å². The van der Waals surface area contributed by atoms with Crippen LogP contribution in [0.1, 0.15) is 41.7 Å². The molecule has 0 unspecified atom stereocenters. The van der Waals surface area contributed by atoms with Crippen LogP contribution in [0.25, 0.3) is 44.2 Å². The van der Waals surface area contributed by atoms with E-state index in [-0.39, 0.29) is 0 Å². The Balaban J connectivity index is 0.000000326. The van der Waals surface area contributed by atoms with E-state index in [0.29, 0.717) is 0 Å². The molecule has 1 aromatic heterocycles. The van der Waals surface area contributed by atoms with Crippen LogP contribution in [0.15, 0.2) is 230 Å². The Labute approximate surface area is 367 Å². The van der Waals surface area contributed by atoms with Crippen LogP contribution in [-0.2, 0) is 19.3 Å². The van der Waals surface area contributed by atoms with Crippen molar-refractivity contribution in [1.29, 1.82) is 0 Å². The van der Waals surface area contributed by atoms with Gasteiger partial charge in [-0.2, -0.15) is 0 Å². The second-order valence-electron chi connectivity index (χ2n) is 14.9. The summed E-state index contributed by atoms with van der Waals surface area (Å²) < 4.78 is 2.37. The summed E-state index contributed by atoms with van der Waals surface area (Å²) in [5.41, 5.74) is 23.8. The van der Waals surface area contributed by atoms with Gasteiger partial charge in [0.15, 0.2) is 0 Å². The van der Waals surface area contributed by atoms with Gasteiger partial charge in [0.25, 0.3) is 0 Å². The molecule has 3 heteroatoms. The second kappa shape index (κ2) is 21.7. The third kappa shape index (κ3) is 10.7. The van der Waals surface area contributed by atoms with E-state index < -0.39 is 0 Å². The molecule has 3 N–H and O–H groups in total. The van der Waals surface area contributed by atoms with Crippen LogP contribution < -0.4 is 11.1 Å². The minimum Gasteiger partial charge on any atom is -0.355 e. The van der Waals surface area contributed by atoms with E-state index in [1.54, 1.807) is 0 Å². The predicted molar refractivity (Wildman–Crippen MR) is 268 cm³/mol. The van der Waals surface area contributed by atoms with Gasteiger partial charge in [-0.1, -0.05) is 177 Å². The summed E-state index contributed by atoms with van der Waals surface area (Å²) in [4.78, 5) is 0. The fourth-order valence-electron chi connectivity index (χ4n) is 7.77. The van der Waals surface area contributed by atoms with Gasteiger partial charge in [0.1, 0.15) is 0 Å². The number of nitrogens with one attached hydrogen (secondary N) is 1. The Hall–Kier alpha value is -7.42. The van der Waals surface area contributed by atoms with Crippen LogP contribution in [0, 0.1) is 0 Å². The Morgan fingerprint density at radius 2 is 1.15 bits per heavy atom. The molecule has 0 saturated carbocycles. The van der Waals surface area contributed by atoms with Gasteiger partial charge in [0.2, 0.25) is 0 Å². The zero-order chi connectivity index (χ0) is 42.9. The summed E-state index contributed by atoms with van der Waals surface area (Å²) in [6.07, 6.45) is 9.33. The zero-order valence-corrected chi connectivity index (χ0v) is 36.0. The number of benzene rings is 8. The van der Waals surface area contributed by atoms with Crippen molar-refractivity contribution in [3.05, 3.63) is 258 Å². The third-order valence-electron chi connectivity index (χ3n) is 10.9. The first kappa shape index (κ1) is 42.7. The average molecular weight is 806 g/mol. The molecule has 8 aromatic carbocycles. The molecule has 9 aromatic rings. The summed E-state index contributed by atoms with van der Waals surface area (Å²) in [5, 5.41) is 6.10. The molecule has 0 aliphatic carbocycles. The molecule has 0 radical (unpaired) electrons. The van der Waals surface area contributed by atoms with E-state index in [1.807, 2.05) is 13.0 Å². The van der Waals surface area contributed by atoms with Gasteiger partial charge in [0, 0.05) is 33.4 Å². The molecule has 62 heavy (non-hydrogen) atoms. The molecular weight excluding hydrogens is 751 g/mol. The van der Waals surface area contributed by atoms with Crippen LogP contribution >= 0.6 is 0 Å².